The molecule has 5 rings (SSSR count). The fraction of sp³-hybridized carbons (Fsp3) is 0.400. The van der Waals surface area contributed by atoms with Crippen molar-refractivity contribution in [1.82, 2.24) is 4.90 Å². The molecule has 214 valence electrons. The molecule has 3 nitrogen and oxygen atoms in total. The fourth-order valence-corrected chi connectivity index (χ4v) is 5.77. The maximum Gasteiger partial charge on any atom is 0.416 e. The van der Waals surface area contributed by atoms with Crippen molar-refractivity contribution in [3.63, 3.8) is 0 Å². The largest absolute Gasteiger partial charge is 0.416 e. The van der Waals surface area contributed by atoms with Crippen LogP contribution in [0.5, 0.6) is 0 Å². The molecule has 0 aliphatic carbocycles. The van der Waals surface area contributed by atoms with Gasteiger partial charge in [-0.3, -0.25) is 4.90 Å². The molecule has 40 heavy (non-hydrogen) atoms. The van der Waals surface area contributed by atoms with Crippen LogP contribution in [0.4, 0.5) is 30.7 Å². The minimum absolute atomic E-state index is 0.0207. The van der Waals surface area contributed by atoms with E-state index in [-0.39, 0.29) is 23.5 Å². The van der Waals surface area contributed by atoms with E-state index in [0.29, 0.717) is 25.3 Å². The number of halogens is 7. The molecule has 2 aliphatic heterocycles. The SMILES string of the molecule is C[C@@H](O[C@H]1OC[C@@H]2CN(Cc3ccccc3)C[C@H]2[C@@H]1c1ccc(F)cc1)c1cc(C(F)(F)F)cc(C(F)(F)F)c1. The quantitative estimate of drug-likeness (QED) is 0.284. The van der Waals surface area contributed by atoms with Gasteiger partial charge in [0, 0.05) is 25.6 Å². The van der Waals surface area contributed by atoms with Crippen molar-refractivity contribution in [1.29, 1.82) is 0 Å². The second-order valence-corrected chi connectivity index (χ2v) is 10.5. The van der Waals surface area contributed by atoms with Crippen LogP contribution in [0.3, 0.4) is 0 Å². The van der Waals surface area contributed by atoms with Gasteiger partial charge in [0.2, 0.25) is 0 Å². The number of benzene rings is 3. The van der Waals surface area contributed by atoms with Gasteiger partial charge in [-0.05, 0) is 65.8 Å². The van der Waals surface area contributed by atoms with Gasteiger partial charge in [-0.2, -0.15) is 26.3 Å². The van der Waals surface area contributed by atoms with Gasteiger partial charge in [-0.1, -0.05) is 42.5 Å². The summed E-state index contributed by atoms with van der Waals surface area (Å²) in [5, 5.41) is 0. The van der Waals surface area contributed by atoms with Gasteiger partial charge < -0.3 is 9.47 Å². The molecule has 0 N–H and O–H groups in total. The standard InChI is InChI=1S/C30H28F7NO2/c1-18(21-11-23(29(32,33)34)13-24(12-21)30(35,36)37)40-28-27(20-7-9-25(31)10-8-20)26-16-38(15-22(26)17-39-28)14-19-5-3-2-4-6-19/h2-13,18,22,26-28H,14-17H2,1H3/t18-,22+,26-,27+,28-/m1/s1. The van der Waals surface area contributed by atoms with Crippen molar-refractivity contribution in [3.8, 4) is 0 Å². The van der Waals surface area contributed by atoms with Crippen LogP contribution >= 0.6 is 0 Å². The molecule has 0 aromatic heterocycles. The molecule has 3 aromatic carbocycles. The van der Waals surface area contributed by atoms with E-state index in [1.807, 2.05) is 30.3 Å². The molecule has 0 unspecified atom stereocenters. The number of fused-ring (bicyclic) bond motifs is 1. The first-order valence-electron chi connectivity index (χ1n) is 13.0. The van der Waals surface area contributed by atoms with Gasteiger partial charge in [0.05, 0.1) is 23.8 Å². The molecular weight excluding hydrogens is 539 g/mol. The predicted octanol–water partition coefficient (Wildman–Crippen LogP) is 7.83. The van der Waals surface area contributed by atoms with Crippen LogP contribution in [0.25, 0.3) is 0 Å². The third-order valence-electron chi connectivity index (χ3n) is 7.72. The lowest BCUT2D eigenvalue weighted by Gasteiger charge is -2.40. The van der Waals surface area contributed by atoms with Gasteiger partial charge in [0.25, 0.3) is 0 Å². The lowest BCUT2D eigenvalue weighted by atomic mass is 9.77. The van der Waals surface area contributed by atoms with E-state index in [2.05, 4.69) is 4.90 Å². The molecule has 0 radical (unpaired) electrons. The Morgan fingerprint density at radius 1 is 0.875 bits per heavy atom. The Balaban J connectivity index is 1.42. The maximum absolute atomic E-state index is 13.8. The zero-order valence-electron chi connectivity index (χ0n) is 21.6. The monoisotopic (exact) mass is 567 g/mol. The Morgan fingerprint density at radius 2 is 1.50 bits per heavy atom. The lowest BCUT2D eigenvalue weighted by Crippen LogP contribution is -2.42. The fourth-order valence-electron chi connectivity index (χ4n) is 5.77. The van der Waals surface area contributed by atoms with Crippen molar-refractivity contribution < 1.29 is 40.2 Å². The average Bonchev–Trinajstić information content (AvgIpc) is 3.31. The van der Waals surface area contributed by atoms with Crippen molar-refractivity contribution >= 4 is 0 Å². The van der Waals surface area contributed by atoms with Crippen LogP contribution in [0.2, 0.25) is 0 Å². The predicted molar refractivity (Wildman–Crippen MR) is 134 cm³/mol. The minimum Gasteiger partial charge on any atom is -0.352 e. The molecule has 0 saturated carbocycles. The second-order valence-electron chi connectivity index (χ2n) is 10.5. The van der Waals surface area contributed by atoms with Crippen molar-refractivity contribution in [2.24, 2.45) is 11.8 Å². The van der Waals surface area contributed by atoms with E-state index in [4.69, 9.17) is 9.47 Å². The second kappa shape index (κ2) is 11.1. The first-order chi connectivity index (χ1) is 18.9. The van der Waals surface area contributed by atoms with E-state index < -0.39 is 47.6 Å². The first kappa shape index (κ1) is 28.6. The highest BCUT2D eigenvalue weighted by Gasteiger charge is 2.47. The summed E-state index contributed by atoms with van der Waals surface area (Å²) >= 11 is 0. The zero-order valence-corrected chi connectivity index (χ0v) is 21.6. The molecular formula is C30H28F7NO2. The molecule has 10 heteroatoms. The third kappa shape index (κ3) is 6.34. The number of nitrogens with zero attached hydrogens (tertiary/aromatic N) is 1. The molecule has 3 aromatic rings. The average molecular weight is 568 g/mol. The van der Waals surface area contributed by atoms with Crippen LogP contribution in [0.1, 0.15) is 46.8 Å². The molecule has 0 amide bonds. The Bertz CT molecular complexity index is 1260. The highest BCUT2D eigenvalue weighted by molar-refractivity contribution is 5.35. The van der Waals surface area contributed by atoms with Crippen LogP contribution in [-0.4, -0.2) is 30.9 Å². The smallest absolute Gasteiger partial charge is 0.352 e. The van der Waals surface area contributed by atoms with E-state index in [0.717, 1.165) is 24.2 Å². The third-order valence-corrected chi connectivity index (χ3v) is 7.72. The van der Waals surface area contributed by atoms with Crippen LogP contribution in [-0.2, 0) is 28.4 Å². The summed E-state index contributed by atoms with van der Waals surface area (Å²) in [5.74, 6) is -0.689. The molecule has 5 atom stereocenters. The number of rotatable bonds is 6. The van der Waals surface area contributed by atoms with Gasteiger partial charge in [0.1, 0.15) is 5.82 Å². The van der Waals surface area contributed by atoms with Gasteiger partial charge in [-0.25, -0.2) is 4.39 Å². The highest BCUT2D eigenvalue weighted by Crippen LogP contribution is 2.45. The summed E-state index contributed by atoms with van der Waals surface area (Å²) in [6.07, 6.45) is -12.0. The van der Waals surface area contributed by atoms with Gasteiger partial charge in [0.15, 0.2) is 6.29 Å². The summed E-state index contributed by atoms with van der Waals surface area (Å²) < 4.78 is 107. The normalized spacial score (nSPS) is 24.6. The van der Waals surface area contributed by atoms with E-state index >= 15 is 0 Å². The van der Waals surface area contributed by atoms with Crippen molar-refractivity contribution in [3.05, 3.63) is 106 Å². The molecule has 0 spiro atoms. The Kier molecular flexibility index (Phi) is 7.96. The number of hydrogen-bond acceptors (Lipinski definition) is 3. The lowest BCUT2D eigenvalue weighted by molar-refractivity contribution is -0.217. The molecule has 2 heterocycles. The number of likely N-dealkylation sites (tertiary alicyclic amines) is 1. The van der Waals surface area contributed by atoms with Crippen LogP contribution in [0, 0.1) is 17.7 Å². The molecule has 2 aliphatic rings. The molecule has 2 fully saturated rings. The first-order valence-corrected chi connectivity index (χ1v) is 13.0. The highest BCUT2D eigenvalue weighted by atomic mass is 19.4. The van der Waals surface area contributed by atoms with Gasteiger partial charge >= 0.3 is 12.4 Å². The van der Waals surface area contributed by atoms with E-state index in [1.165, 1.54) is 19.1 Å². The summed E-state index contributed by atoms with van der Waals surface area (Å²) in [6, 6.07) is 17.3. The molecule has 0 bridgehead atoms. The summed E-state index contributed by atoms with van der Waals surface area (Å²) in [5.41, 5.74) is -1.19. The Labute approximate surface area is 227 Å². The van der Waals surface area contributed by atoms with Gasteiger partial charge in [-0.15, -0.1) is 0 Å². The van der Waals surface area contributed by atoms with Crippen molar-refractivity contribution in [2.75, 3.05) is 19.7 Å². The van der Waals surface area contributed by atoms with Crippen LogP contribution in [0.15, 0.2) is 72.8 Å². The maximum atomic E-state index is 13.8. The summed E-state index contributed by atoms with van der Waals surface area (Å²) in [4.78, 5) is 2.29. The van der Waals surface area contributed by atoms with E-state index in [1.54, 1.807) is 12.1 Å². The Morgan fingerprint density at radius 3 is 2.10 bits per heavy atom. The number of alkyl halides is 6. The Hall–Kier alpha value is -2.95. The zero-order chi connectivity index (χ0) is 28.7. The molecule has 2 saturated heterocycles. The number of ether oxygens (including phenoxy) is 2. The topological polar surface area (TPSA) is 21.7 Å². The van der Waals surface area contributed by atoms with E-state index in [9.17, 15) is 30.7 Å². The number of hydrogen-bond donors (Lipinski definition) is 0. The van der Waals surface area contributed by atoms with Crippen LogP contribution < -0.4 is 0 Å². The minimum atomic E-state index is -4.97. The summed E-state index contributed by atoms with van der Waals surface area (Å²) in [6.45, 7) is 3.88. The van der Waals surface area contributed by atoms with Crippen molar-refractivity contribution in [2.45, 2.75) is 44.1 Å². The summed E-state index contributed by atoms with van der Waals surface area (Å²) in [7, 11) is 0.